The molecular formula is C26H42N6O8. The zero-order valence-corrected chi connectivity index (χ0v) is 24.3. The van der Waals surface area contributed by atoms with Gasteiger partial charge in [0.1, 0.15) is 22.6 Å². The molecule has 0 spiro atoms. The smallest absolute Gasteiger partial charge is 0.410 e. The number of carbonyl (C=O) groups excluding carboxylic acids is 3. The normalized spacial score (nSPS) is 14.0. The summed E-state index contributed by atoms with van der Waals surface area (Å²) in [6.07, 6.45) is -1.20. The fourth-order valence-electron chi connectivity index (χ4n) is 2.81. The van der Waals surface area contributed by atoms with E-state index in [0.717, 1.165) is 6.07 Å². The molecular weight excluding hydrogens is 524 g/mol. The van der Waals surface area contributed by atoms with Crippen LogP contribution < -0.4 is 0 Å². The quantitative estimate of drug-likeness (QED) is 0.385. The number of carboxylic acid groups (broad SMARTS) is 1. The molecule has 0 fully saturated rings. The fraction of sp³-hybridized carbons (Fsp3) is 0.615. The van der Waals surface area contributed by atoms with Crippen LogP contribution >= 0.6 is 0 Å². The summed E-state index contributed by atoms with van der Waals surface area (Å²) < 4.78 is 60.5. The molecule has 0 atom stereocenters. The Morgan fingerprint density at radius 1 is 0.850 bits per heavy atom. The minimum absolute atomic E-state index is 0.00953. The molecule has 2 rings (SSSR count). The third kappa shape index (κ3) is 11.3. The van der Waals surface area contributed by atoms with Crippen LogP contribution in [0.4, 0.5) is 9.59 Å². The number of rotatable bonds is 7. The van der Waals surface area contributed by atoms with Gasteiger partial charge in [0.2, 0.25) is 0 Å². The summed E-state index contributed by atoms with van der Waals surface area (Å²) in [5, 5.41) is 16.7. The highest BCUT2D eigenvalue weighted by Crippen LogP contribution is 2.13. The SMILES string of the molecule is [2H]C([2H])([2H])n1nc(CN(C)C(=O)OC(C)(C)C)cc1C(=O)O.[2H]C([2H])([2H])n1nc(CN(C)C(=O)OC(C)(C)C)cc1C(=O)OCC. The Morgan fingerprint density at radius 3 is 1.57 bits per heavy atom. The second-order valence-corrected chi connectivity index (χ2v) is 10.6. The number of ether oxygens (including phenoxy) is 3. The van der Waals surface area contributed by atoms with E-state index < -0.39 is 55.0 Å². The van der Waals surface area contributed by atoms with Gasteiger partial charge in [0, 0.05) is 36.3 Å². The summed E-state index contributed by atoms with van der Waals surface area (Å²) >= 11 is 0. The standard InChI is InChI=1S/C14H23N3O4.C12H19N3O4/c1-7-20-12(18)11-8-10(15-17(11)6)9-16(5)13(19)21-14(2,3)4;1-12(2,3)19-11(18)14(4)7-8-6-9(10(16)17)15(5)13-8/h8H,7,9H2,1-6H3;6H,7H2,1-5H3,(H,16,17)/i6D3;5D3. The molecule has 0 bridgehead atoms. The monoisotopic (exact) mass is 572 g/mol. The van der Waals surface area contributed by atoms with Gasteiger partial charge in [-0.3, -0.25) is 9.36 Å². The van der Waals surface area contributed by atoms with Crippen molar-refractivity contribution in [1.82, 2.24) is 29.4 Å². The van der Waals surface area contributed by atoms with Crippen LogP contribution in [0.1, 0.15) is 89.1 Å². The van der Waals surface area contributed by atoms with Gasteiger partial charge >= 0.3 is 24.1 Å². The number of carbonyl (C=O) groups is 4. The predicted molar refractivity (Wildman–Crippen MR) is 145 cm³/mol. The Balaban J connectivity index is 0.000000462. The maximum Gasteiger partial charge on any atom is 0.410 e. The van der Waals surface area contributed by atoms with Gasteiger partial charge in [0.05, 0.1) is 31.1 Å². The largest absolute Gasteiger partial charge is 0.477 e. The van der Waals surface area contributed by atoms with Gasteiger partial charge in [-0.05, 0) is 60.6 Å². The van der Waals surface area contributed by atoms with Gasteiger partial charge in [0.15, 0.2) is 0 Å². The number of hydrogen-bond acceptors (Lipinski definition) is 9. The molecule has 2 aromatic heterocycles. The van der Waals surface area contributed by atoms with E-state index in [1.165, 1.54) is 30.0 Å². The van der Waals surface area contributed by atoms with Crippen LogP contribution in [0.5, 0.6) is 0 Å². The third-order valence-corrected chi connectivity index (χ3v) is 4.43. The van der Waals surface area contributed by atoms with E-state index in [9.17, 15) is 19.2 Å². The van der Waals surface area contributed by atoms with Crippen LogP contribution in [0, 0.1) is 0 Å². The predicted octanol–water partition coefficient (Wildman–Crippen LogP) is 3.45. The first kappa shape index (κ1) is 24.9. The summed E-state index contributed by atoms with van der Waals surface area (Å²) in [4.78, 5) is 49.2. The Hall–Kier alpha value is -4.10. The molecule has 0 aliphatic heterocycles. The Kier molecular flexibility index (Phi) is 8.60. The average molecular weight is 573 g/mol. The zero-order chi connectivity index (χ0) is 36.0. The Bertz CT molecular complexity index is 1390. The third-order valence-electron chi connectivity index (χ3n) is 4.43. The van der Waals surface area contributed by atoms with Crippen molar-refractivity contribution in [2.24, 2.45) is 14.0 Å². The second kappa shape index (κ2) is 13.8. The van der Waals surface area contributed by atoms with Gasteiger partial charge in [-0.2, -0.15) is 10.2 Å². The fourth-order valence-corrected chi connectivity index (χ4v) is 2.81. The number of aromatic carboxylic acids is 1. The minimum atomic E-state index is -2.71. The highest BCUT2D eigenvalue weighted by molar-refractivity contribution is 5.87. The lowest BCUT2D eigenvalue weighted by Gasteiger charge is -2.24. The number of nitrogens with zero attached hydrogens (tertiary/aromatic N) is 6. The molecule has 14 heteroatoms. The molecule has 1 N–H and O–H groups in total. The number of carboxylic acids is 1. The van der Waals surface area contributed by atoms with Gasteiger partial charge in [-0.15, -0.1) is 0 Å². The van der Waals surface area contributed by atoms with Gasteiger partial charge in [-0.1, -0.05) is 0 Å². The molecule has 0 aromatic carbocycles. The summed E-state index contributed by atoms with van der Waals surface area (Å²) in [5.41, 5.74) is -1.60. The van der Waals surface area contributed by atoms with Crippen LogP contribution in [-0.4, -0.2) is 90.5 Å². The molecule has 2 aromatic rings. The summed E-state index contributed by atoms with van der Waals surface area (Å²) in [6, 6.07) is 2.42. The number of esters is 1. The number of aryl methyl sites for hydroxylation is 2. The van der Waals surface area contributed by atoms with Crippen molar-refractivity contribution >= 4 is 24.1 Å². The first-order chi connectivity index (χ1) is 20.7. The lowest BCUT2D eigenvalue weighted by atomic mass is 10.2. The maximum absolute atomic E-state index is 12.0. The number of aromatic nitrogens is 4. The van der Waals surface area contributed by atoms with Gasteiger partial charge < -0.3 is 29.1 Å². The molecule has 0 saturated heterocycles. The van der Waals surface area contributed by atoms with E-state index in [1.807, 2.05) is 0 Å². The Labute approximate surface area is 243 Å². The molecule has 40 heavy (non-hydrogen) atoms. The van der Waals surface area contributed by atoms with E-state index in [1.54, 1.807) is 48.5 Å². The molecule has 0 aliphatic rings. The number of amides is 2. The van der Waals surface area contributed by atoms with Crippen molar-refractivity contribution in [3.05, 3.63) is 34.9 Å². The Morgan fingerprint density at radius 2 is 1.25 bits per heavy atom. The van der Waals surface area contributed by atoms with Crippen LogP contribution in [0.2, 0.25) is 0 Å². The van der Waals surface area contributed by atoms with Crippen molar-refractivity contribution < 1.29 is 46.7 Å². The van der Waals surface area contributed by atoms with Gasteiger partial charge in [-0.25, -0.2) is 19.2 Å². The summed E-state index contributed by atoms with van der Waals surface area (Å²) in [7, 11) is 2.94. The van der Waals surface area contributed by atoms with Crippen molar-refractivity contribution in [3.8, 4) is 0 Å². The van der Waals surface area contributed by atoms with Gasteiger partial charge in [0.25, 0.3) is 0 Å². The van der Waals surface area contributed by atoms with Crippen LogP contribution in [-0.2, 0) is 41.3 Å². The molecule has 0 radical (unpaired) electrons. The lowest BCUT2D eigenvalue weighted by Crippen LogP contribution is -2.33. The van der Waals surface area contributed by atoms with Crippen molar-refractivity contribution in [2.75, 3.05) is 20.7 Å². The van der Waals surface area contributed by atoms with Crippen molar-refractivity contribution in [2.45, 2.75) is 72.8 Å². The van der Waals surface area contributed by atoms with Crippen molar-refractivity contribution in [1.29, 1.82) is 0 Å². The van der Waals surface area contributed by atoms with E-state index in [-0.39, 0.29) is 36.8 Å². The minimum Gasteiger partial charge on any atom is -0.477 e. The first-order valence-corrected chi connectivity index (χ1v) is 12.1. The van der Waals surface area contributed by atoms with Crippen LogP contribution in [0.25, 0.3) is 0 Å². The highest BCUT2D eigenvalue weighted by atomic mass is 16.6. The van der Waals surface area contributed by atoms with Crippen LogP contribution in [0.15, 0.2) is 12.1 Å². The molecule has 224 valence electrons. The van der Waals surface area contributed by atoms with E-state index in [2.05, 4.69) is 10.2 Å². The molecule has 14 nitrogen and oxygen atoms in total. The molecule has 0 saturated carbocycles. The van der Waals surface area contributed by atoms with E-state index >= 15 is 0 Å². The number of hydrogen-bond donors (Lipinski definition) is 1. The molecule has 0 aliphatic carbocycles. The lowest BCUT2D eigenvalue weighted by molar-refractivity contribution is 0.0273. The molecule has 2 heterocycles. The summed E-state index contributed by atoms with van der Waals surface area (Å²) in [6.45, 7) is 6.65. The first-order valence-electron chi connectivity index (χ1n) is 15.1. The average Bonchev–Trinajstić information content (AvgIpc) is 3.47. The second-order valence-electron chi connectivity index (χ2n) is 10.6. The zero-order valence-electron chi connectivity index (χ0n) is 30.3. The highest BCUT2D eigenvalue weighted by Gasteiger charge is 2.23. The van der Waals surface area contributed by atoms with E-state index in [0.29, 0.717) is 9.36 Å². The molecule has 0 unspecified atom stereocenters. The molecule has 2 amide bonds. The summed E-state index contributed by atoms with van der Waals surface area (Å²) in [5.74, 6) is -2.19. The van der Waals surface area contributed by atoms with Crippen LogP contribution in [0.3, 0.4) is 0 Å². The van der Waals surface area contributed by atoms with E-state index in [4.69, 9.17) is 27.5 Å². The van der Waals surface area contributed by atoms with Crippen molar-refractivity contribution in [3.63, 3.8) is 0 Å². The maximum atomic E-state index is 12.0. The topological polar surface area (TPSA) is 158 Å².